The fourth-order valence-corrected chi connectivity index (χ4v) is 1.41. The van der Waals surface area contributed by atoms with Crippen molar-refractivity contribution in [1.29, 1.82) is 0 Å². The quantitative estimate of drug-likeness (QED) is 0.688. The molecule has 1 rings (SSSR count). The molecular weight excluding hydrogens is 186 g/mol. The van der Waals surface area contributed by atoms with Gasteiger partial charge in [0.25, 0.3) is 0 Å². The molecule has 2 heteroatoms. The van der Waals surface area contributed by atoms with Crippen molar-refractivity contribution in [3.63, 3.8) is 0 Å². The summed E-state index contributed by atoms with van der Waals surface area (Å²) in [6.07, 6.45) is 2.32. The first-order valence-corrected chi connectivity index (χ1v) is 5.02. The van der Waals surface area contributed by atoms with E-state index in [0.29, 0.717) is 6.42 Å². The highest BCUT2D eigenvalue weighted by atomic mass is 16.2. The van der Waals surface area contributed by atoms with Crippen LogP contribution in [0.5, 0.6) is 0 Å². The third-order valence-corrected chi connectivity index (χ3v) is 2.41. The first-order chi connectivity index (χ1) is 7.15. The number of carbonyl (C=O) groups excluding carboxylic acids is 1. The standard InChI is InChI=1S/C13H17NO/c1-4-11(10-13(15)14(2)3)12-8-6-5-7-9-12/h4-9,11H,1,10H2,2-3H3. The van der Waals surface area contributed by atoms with Gasteiger partial charge in [0.05, 0.1) is 0 Å². The van der Waals surface area contributed by atoms with Gasteiger partial charge in [0.2, 0.25) is 5.91 Å². The topological polar surface area (TPSA) is 20.3 Å². The molecule has 1 aromatic rings. The first kappa shape index (κ1) is 11.5. The monoisotopic (exact) mass is 203 g/mol. The fourth-order valence-electron chi connectivity index (χ4n) is 1.41. The van der Waals surface area contributed by atoms with Crippen LogP contribution in [0.15, 0.2) is 43.0 Å². The summed E-state index contributed by atoms with van der Waals surface area (Å²) < 4.78 is 0. The van der Waals surface area contributed by atoms with Gasteiger partial charge in [-0.2, -0.15) is 0 Å². The van der Waals surface area contributed by atoms with E-state index in [1.807, 2.05) is 36.4 Å². The Hall–Kier alpha value is -1.57. The smallest absolute Gasteiger partial charge is 0.222 e. The highest BCUT2D eigenvalue weighted by Crippen LogP contribution is 2.20. The molecule has 0 fully saturated rings. The fraction of sp³-hybridized carbons (Fsp3) is 0.308. The molecule has 0 aliphatic heterocycles. The summed E-state index contributed by atoms with van der Waals surface area (Å²) in [6.45, 7) is 3.78. The molecule has 0 saturated carbocycles. The Morgan fingerprint density at radius 2 is 2.00 bits per heavy atom. The highest BCUT2D eigenvalue weighted by Gasteiger charge is 2.13. The van der Waals surface area contributed by atoms with E-state index in [1.54, 1.807) is 19.0 Å². The maximum atomic E-state index is 11.6. The van der Waals surface area contributed by atoms with Gasteiger partial charge in [-0.25, -0.2) is 0 Å². The zero-order valence-corrected chi connectivity index (χ0v) is 9.31. The molecule has 0 aliphatic rings. The van der Waals surface area contributed by atoms with E-state index in [0.717, 1.165) is 5.56 Å². The predicted octanol–water partition coefficient (Wildman–Crippen LogP) is 2.43. The Bertz CT molecular complexity index is 330. The summed E-state index contributed by atoms with van der Waals surface area (Å²) in [6, 6.07) is 9.97. The maximum absolute atomic E-state index is 11.6. The molecule has 15 heavy (non-hydrogen) atoms. The molecule has 80 valence electrons. The highest BCUT2D eigenvalue weighted by molar-refractivity contribution is 5.76. The average molecular weight is 203 g/mol. The van der Waals surface area contributed by atoms with Crippen LogP contribution in [0.1, 0.15) is 17.9 Å². The van der Waals surface area contributed by atoms with Gasteiger partial charge in [0, 0.05) is 26.4 Å². The molecular formula is C13H17NO. The lowest BCUT2D eigenvalue weighted by atomic mass is 9.95. The minimum Gasteiger partial charge on any atom is -0.349 e. The lowest BCUT2D eigenvalue weighted by Crippen LogP contribution is -2.23. The first-order valence-electron chi connectivity index (χ1n) is 5.02. The van der Waals surface area contributed by atoms with Gasteiger partial charge >= 0.3 is 0 Å². The van der Waals surface area contributed by atoms with Crippen molar-refractivity contribution in [2.75, 3.05) is 14.1 Å². The van der Waals surface area contributed by atoms with Gasteiger partial charge < -0.3 is 4.90 Å². The number of rotatable bonds is 4. The van der Waals surface area contributed by atoms with Crippen molar-refractivity contribution in [3.8, 4) is 0 Å². The Morgan fingerprint density at radius 1 is 1.40 bits per heavy atom. The van der Waals surface area contributed by atoms with Crippen molar-refractivity contribution in [2.24, 2.45) is 0 Å². The Kier molecular flexibility index (Phi) is 4.10. The Balaban J connectivity index is 2.73. The molecule has 0 saturated heterocycles. The van der Waals surface area contributed by atoms with Crippen LogP contribution in [0.25, 0.3) is 0 Å². The lowest BCUT2D eigenvalue weighted by Gasteiger charge is -2.15. The summed E-state index contributed by atoms with van der Waals surface area (Å²) in [5, 5.41) is 0. The number of allylic oxidation sites excluding steroid dienone is 1. The second-order valence-corrected chi connectivity index (χ2v) is 3.75. The van der Waals surface area contributed by atoms with Crippen LogP contribution in [0, 0.1) is 0 Å². The predicted molar refractivity (Wildman–Crippen MR) is 62.7 cm³/mol. The molecule has 0 radical (unpaired) electrons. The zero-order valence-electron chi connectivity index (χ0n) is 9.31. The SMILES string of the molecule is C=CC(CC(=O)N(C)C)c1ccccc1. The van der Waals surface area contributed by atoms with Crippen LogP contribution in [0.4, 0.5) is 0 Å². The number of hydrogen-bond donors (Lipinski definition) is 0. The Labute approximate surface area is 91.2 Å². The summed E-state index contributed by atoms with van der Waals surface area (Å²) in [7, 11) is 3.54. The number of hydrogen-bond acceptors (Lipinski definition) is 1. The molecule has 1 amide bonds. The minimum atomic E-state index is 0.112. The van der Waals surface area contributed by atoms with E-state index in [9.17, 15) is 4.79 Å². The average Bonchev–Trinajstić information content (AvgIpc) is 2.26. The number of amides is 1. The lowest BCUT2D eigenvalue weighted by molar-refractivity contribution is -0.128. The molecule has 1 aromatic carbocycles. The van der Waals surface area contributed by atoms with Gasteiger partial charge in [-0.3, -0.25) is 4.79 Å². The van der Waals surface area contributed by atoms with Gasteiger partial charge in [0.15, 0.2) is 0 Å². The molecule has 2 nitrogen and oxygen atoms in total. The maximum Gasteiger partial charge on any atom is 0.222 e. The summed E-state index contributed by atoms with van der Waals surface area (Å²) in [5.74, 6) is 0.241. The minimum absolute atomic E-state index is 0.112. The summed E-state index contributed by atoms with van der Waals surface area (Å²) >= 11 is 0. The van der Waals surface area contributed by atoms with Crippen molar-refractivity contribution >= 4 is 5.91 Å². The van der Waals surface area contributed by atoms with Crippen LogP contribution in [0.2, 0.25) is 0 Å². The second-order valence-electron chi connectivity index (χ2n) is 3.75. The van der Waals surface area contributed by atoms with Crippen molar-refractivity contribution < 1.29 is 4.79 Å². The second kappa shape index (κ2) is 5.35. The largest absolute Gasteiger partial charge is 0.349 e. The third-order valence-electron chi connectivity index (χ3n) is 2.41. The van der Waals surface area contributed by atoms with Crippen LogP contribution < -0.4 is 0 Å². The van der Waals surface area contributed by atoms with E-state index in [4.69, 9.17) is 0 Å². The number of benzene rings is 1. The van der Waals surface area contributed by atoms with E-state index < -0.39 is 0 Å². The van der Waals surface area contributed by atoms with E-state index in [-0.39, 0.29) is 11.8 Å². The van der Waals surface area contributed by atoms with Crippen LogP contribution in [0.3, 0.4) is 0 Å². The van der Waals surface area contributed by atoms with Crippen LogP contribution in [-0.4, -0.2) is 24.9 Å². The molecule has 0 aliphatic carbocycles. The third kappa shape index (κ3) is 3.24. The van der Waals surface area contributed by atoms with Crippen molar-refractivity contribution in [2.45, 2.75) is 12.3 Å². The molecule has 1 atom stereocenters. The van der Waals surface area contributed by atoms with E-state index in [1.165, 1.54) is 0 Å². The van der Waals surface area contributed by atoms with Gasteiger partial charge in [-0.15, -0.1) is 6.58 Å². The normalized spacial score (nSPS) is 11.9. The van der Waals surface area contributed by atoms with Gasteiger partial charge in [0.1, 0.15) is 0 Å². The van der Waals surface area contributed by atoms with Crippen molar-refractivity contribution in [3.05, 3.63) is 48.6 Å². The molecule has 0 bridgehead atoms. The van der Waals surface area contributed by atoms with Crippen molar-refractivity contribution in [1.82, 2.24) is 4.90 Å². The van der Waals surface area contributed by atoms with Crippen LogP contribution in [-0.2, 0) is 4.79 Å². The summed E-state index contributed by atoms with van der Waals surface area (Å²) in [4.78, 5) is 13.2. The molecule has 0 N–H and O–H groups in total. The van der Waals surface area contributed by atoms with Crippen LogP contribution >= 0.6 is 0 Å². The number of carbonyl (C=O) groups is 1. The Morgan fingerprint density at radius 3 is 2.47 bits per heavy atom. The molecule has 0 heterocycles. The van der Waals surface area contributed by atoms with Gasteiger partial charge in [-0.05, 0) is 5.56 Å². The van der Waals surface area contributed by atoms with Gasteiger partial charge in [-0.1, -0.05) is 36.4 Å². The van der Waals surface area contributed by atoms with E-state index in [2.05, 4.69) is 6.58 Å². The molecule has 0 spiro atoms. The zero-order chi connectivity index (χ0) is 11.3. The number of nitrogens with zero attached hydrogens (tertiary/aromatic N) is 1. The molecule has 0 aromatic heterocycles. The summed E-state index contributed by atoms with van der Waals surface area (Å²) in [5.41, 5.74) is 1.14. The van der Waals surface area contributed by atoms with E-state index >= 15 is 0 Å². The molecule has 1 unspecified atom stereocenters.